The molecule has 1 aromatic heterocycles. The number of esters is 1. The van der Waals surface area contributed by atoms with Crippen LogP contribution in [-0.2, 0) is 4.74 Å². The Morgan fingerprint density at radius 3 is 2.63 bits per heavy atom. The number of amides is 1. The van der Waals surface area contributed by atoms with Crippen LogP contribution in [0.5, 0.6) is 0 Å². The van der Waals surface area contributed by atoms with Gasteiger partial charge in [-0.1, -0.05) is 13.3 Å². The molecule has 0 aliphatic rings. The quantitative estimate of drug-likeness (QED) is 0.546. The molecule has 7 heteroatoms. The Balaban J connectivity index is 3.12. The van der Waals surface area contributed by atoms with E-state index in [0.29, 0.717) is 16.4 Å². The average molecular weight is 285 g/mol. The molecule has 0 aliphatic carbocycles. The lowest BCUT2D eigenvalue weighted by atomic mass is 10.2. The number of rotatable bonds is 6. The maximum Gasteiger partial charge on any atom is 0.343 e. The minimum Gasteiger partial charge on any atom is -0.465 e. The SMILES string of the molecule is CCCCNc1sc(C(=O)NC)c(N)c1C(=O)OC. The molecule has 0 saturated heterocycles. The molecule has 0 spiro atoms. The number of thiophene rings is 1. The van der Waals surface area contributed by atoms with Gasteiger partial charge in [-0.25, -0.2) is 4.79 Å². The lowest BCUT2D eigenvalue weighted by Crippen LogP contribution is -2.18. The zero-order chi connectivity index (χ0) is 14.4. The van der Waals surface area contributed by atoms with E-state index in [0.717, 1.165) is 24.2 Å². The van der Waals surface area contributed by atoms with Crippen LogP contribution >= 0.6 is 11.3 Å². The van der Waals surface area contributed by atoms with Gasteiger partial charge >= 0.3 is 5.97 Å². The van der Waals surface area contributed by atoms with Gasteiger partial charge in [0.25, 0.3) is 5.91 Å². The minimum absolute atomic E-state index is 0.162. The van der Waals surface area contributed by atoms with Crippen molar-refractivity contribution in [2.24, 2.45) is 0 Å². The molecule has 0 radical (unpaired) electrons. The third kappa shape index (κ3) is 3.37. The highest BCUT2D eigenvalue weighted by molar-refractivity contribution is 7.19. The topological polar surface area (TPSA) is 93.5 Å². The summed E-state index contributed by atoms with van der Waals surface area (Å²) in [5.41, 5.74) is 6.27. The number of nitrogen functional groups attached to an aromatic ring is 1. The highest BCUT2D eigenvalue weighted by atomic mass is 32.1. The van der Waals surface area contributed by atoms with Gasteiger partial charge in [0.05, 0.1) is 12.8 Å². The predicted molar refractivity (Wildman–Crippen MR) is 76.9 cm³/mol. The van der Waals surface area contributed by atoms with Crippen molar-refractivity contribution in [2.75, 3.05) is 31.8 Å². The Kier molecular flexibility index (Phi) is 5.62. The van der Waals surface area contributed by atoms with Crippen molar-refractivity contribution in [3.05, 3.63) is 10.4 Å². The molecule has 106 valence electrons. The molecule has 0 bridgehead atoms. The van der Waals surface area contributed by atoms with Crippen molar-refractivity contribution in [1.29, 1.82) is 0 Å². The Morgan fingerprint density at radius 2 is 2.11 bits per heavy atom. The Labute approximate surface area is 116 Å². The first-order valence-electron chi connectivity index (χ1n) is 6.03. The van der Waals surface area contributed by atoms with E-state index < -0.39 is 5.97 Å². The molecule has 0 saturated carbocycles. The van der Waals surface area contributed by atoms with Crippen LogP contribution in [0.2, 0.25) is 0 Å². The van der Waals surface area contributed by atoms with Gasteiger partial charge in [0.2, 0.25) is 0 Å². The van der Waals surface area contributed by atoms with Crippen LogP contribution in [0.3, 0.4) is 0 Å². The van der Waals surface area contributed by atoms with Gasteiger partial charge in [-0.15, -0.1) is 11.3 Å². The second kappa shape index (κ2) is 6.98. The normalized spacial score (nSPS) is 10.1. The molecule has 1 amide bonds. The summed E-state index contributed by atoms with van der Waals surface area (Å²) in [4.78, 5) is 23.7. The van der Waals surface area contributed by atoms with Gasteiger partial charge in [0.15, 0.2) is 0 Å². The summed E-state index contributed by atoms with van der Waals surface area (Å²) in [6.45, 7) is 2.79. The molecule has 1 heterocycles. The van der Waals surface area contributed by atoms with E-state index in [4.69, 9.17) is 10.5 Å². The van der Waals surface area contributed by atoms with Crippen molar-refractivity contribution >= 4 is 33.9 Å². The number of carbonyl (C=O) groups is 2. The summed E-state index contributed by atoms with van der Waals surface area (Å²) in [5.74, 6) is -0.848. The van der Waals surface area contributed by atoms with Crippen LogP contribution < -0.4 is 16.4 Å². The Hall–Kier alpha value is -1.76. The monoisotopic (exact) mass is 285 g/mol. The van der Waals surface area contributed by atoms with Gasteiger partial charge in [-0.2, -0.15) is 0 Å². The molecule has 4 N–H and O–H groups in total. The third-order valence-corrected chi connectivity index (χ3v) is 3.75. The second-order valence-electron chi connectivity index (χ2n) is 3.90. The van der Waals surface area contributed by atoms with Crippen LogP contribution in [0, 0.1) is 0 Å². The van der Waals surface area contributed by atoms with E-state index in [1.807, 2.05) is 0 Å². The Morgan fingerprint density at radius 1 is 1.42 bits per heavy atom. The van der Waals surface area contributed by atoms with E-state index >= 15 is 0 Å². The molecule has 1 rings (SSSR count). The van der Waals surface area contributed by atoms with Crippen molar-refractivity contribution in [3.8, 4) is 0 Å². The highest BCUT2D eigenvalue weighted by Crippen LogP contribution is 2.36. The van der Waals surface area contributed by atoms with Gasteiger partial charge < -0.3 is 21.1 Å². The maximum absolute atomic E-state index is 11.7. The number of unbranched alkanes of at least 4 members (excludes halogenated alkanes) is 1. The van der Waals surface area contributed by atoms with Crippen molar-refractivity contribution in [1.82, 2.24) is 5.32 Å². The van der Waals surface area contributed by atoms with Crippen molar-refractivity contribution in [3.63, 3.8) is 0 Å². The zero-order valence-corrected chi connectivity index (χ0v) is 12.1. The molecule has 6 nitrogen and oxygen atoms in total. The third-order valence-electron chi connectivity index (χ3n) is 2.58. The van der Waals surface area contributed by atoms with Gasteiger partial charge in [-0.3, -0.25) is 4.79 Å². The molecule has 0 aliphatic heterocycles. The van der Waals surface area contributed by atoms with E-state index in [2.05, 4.69) is 17.6 Å². The number of hydrogen-bond acceptors (Lipinski definition) is 6. The summed E-state index contributed by atoms with van der Waals surface area (Å²) >= 11 is 1.16. The van der Waals surface area contributed by atoms with E-state index in [1.54, 1.807) is 0 Å². The molecule has 19 heavy (non-hydrogen) atoms. The molecular formula is C12H19N3O3S. The van der Waals surface area contributed by atoms with Crippen LogP contribution in [0.1, 0.15) is 39.8 Å². The van der Waals surface area contributed by atoms with E-state index in [1.165, 1.54) is 14.2 Å². The number of nitrogens with one attached hydrogen (secondary N) is 2. The zero-order valence-electron chi connectivity index (χ0n) is 11.3. The number of anilines is 2. The van der Waals surface area contributed by atoms with E-state index in [9.17, 15) is 9.59 Å². The number of ether oxygens (including phenoxy) is 1. The molecule has 0 atom stereocenters. The lowest BCUT2D eigenvalue weighted by Gasteiger charge is -2.05. The van der Waals surface area contributed by atoms with Crippen LogP contribution in [0.4, 0.5) is 10.7 Å². The summed E-state index contributed by atoms with van der Waals surface area (Å²) in [6.07, 6.45) is 2.00. The molecule has 1 aromatic rings. The standard InChI is InChI=1S/C12H19N3O3S/c1-4-5-6-15-11-7(12(17)18-3)8(13)9(19-11)10(16)14-2/h15H,4-6,13H2,1-3H3,(H,14,16). The fraction of sp³-hybridized carbons (Fsp3) is 0.500. The second-order valence-corrected chi connectivity index (χ2v) is 4.92. The molecule has 0 aromatic carbocycles. The van der Waals surface area contributed by atoms with Crippen LogP contribution in [0.15, 0.2) is 0 Å². The van der Waals surface area contributed by atoms with E-state index in [-0.39, 0.29) is 17.2 Å². The van der Waals surface area contributed by atoms with Crippen molar-refractivity contribution < 1.29 is 14.3 Å². The first-order chi connectivity index (χ1) is 9.06. The first-order valence-corrected chi connectivity index (χ1v) is 6.84. The van der Waals surface area contributed by atoms with Gasteiger partial charge in [0, 0.05) is 13.6 Å². The molecule has 0 unspecified atom stereocenters. The first kappa shape index (κ1) is 15.3. The summed E-state index contributed by atoms with van der Waals surface area (Å²) < 4.78 is 4.71. The van der Waals surface area contributed by atoms with Crippen molar-refractivity contribution in [2.45, 2.75) is 19.8 Å². The molecule has 0 fully saturated rings. The summed E-state index contributed by atoms with van der Waals surface area (Å²) in [6, 6.07) is 0. The molecular weight excluding hydrogens is 266 g/mol. The van der Waals surface area contributed by atoms with Crippen LogP contribution in [-0.4, -0.2) is 32.6 Å². The Bertz CT molecular complexity index is 471. The lowest BCUT2D eigenvalue weighted by molar-refractivity contribution is 0.0603. The number of carbonyl (C=O) groups excluding carboxylic acids is 2. The fourth-order valence-electron chi connectivity index (χ4n) is 1.53. The number of hydrogen-bond donors (Lipinski definition) is 3. The van der Waals surface area contributed by atoms with Gasteiger partial charge in [0.1, 0.15) is 15.4 Å². The smallest absolute Gasteiger partial charge is 0.343 e. The average Bonchev–Trinajstić information content (AvgIpc) is 2.74. The van der Waals surface area contributed by atoms with Gasteiger partial charge in [-0.05, 0) is 6.42 Å². The van der Waals surface area contributed by atoms with Crippen LogP contribution in [0.25, 0.3) is 0 Å². The fourth-order valence-corrected chi connectivity index (χ4v) is 2.61. The number of nitrogens with two attached hydrogens (primary N) is 1. The maximum atomic E-state index is 11.7. The predicted octanol–water partition coefficient (Wildman–Crippen LogP) is 1.69. The highest BCUT2D eigenvalue weighted by Gasteiger charge is 2.25. The minimum atomic E-state index is -0.539. The largest absolute Gasteiger partial charge is 0.465 e. The summed E-state index contributed by atoms with van der Waals surface area (Å²) in [5, 5.41) is 6.21. The number of methoxy groups -OCH3 is 1. The summed E-state index contributed by atoms with van der Waals surface area (Å²) in [7, 11) is 2.80.